The van der Waals surface area contributed by atoms with Crippen LogP contribution in [-0.2, 0) is 16.1 Å². The minimum Gasteiger partial charge on any atom is -0.464 e. The van der Waals surface area contributed by atoms with Crippen LogP contribution in [0.2, 0.25) is 0 Å². The van der Waals surface area contributed by atoms with E-state index in [2.05, 4.69) is 35.2 Å². The first-order chi connectivity index (χ1) is 24.0. The summed E-state index contributed by atoms with van der Waals surface area (Å²) in [5, 5.41) is 13.8. The van der Waals surface area contributed by atoms with Crippen LogP contribution in [0.3, 0.4) is 0 Å². The molecule has 3 atom stereocenters. The van der Waals surface area contributed by atoms with Gasteiger partial charge in [-0.15, -0.1) is 0 Å². The summed E-state index contributed by atoms with van der Waals surface area (Å²) in [6.45, 7) is 8.62. The van der Waals surface area contributed by atoms with Crippen LogP contribution in [0.4, 0.5) is 0 Å². The molecule has 4 aromatic rings. The summed E-state index contributed by atoms with van der Waals surface area (Å²) in [6.07, 6.45) is 12.6. The number of carbonyl (C=O) groups is 3. The third-order valence-electron chi connectivity index (χ3n) is 11.4. The monoisotopic (exact) mass is 681 g/mol. The Morgan fingerprint density at radius 1 is 1.06 bits per heavy atom. The van der Waals surface area contributed by atoms with Crippen molar-refractivity contribution in [2.24, 2.45) is 16.7 Å². The van der Waals surface area contributed by atoms with Gasteiger partial charge in [0.05, 0.1) is 37.0 Å². The molecule has 2 unspecified atom stereocenters. The van der Waals surface area contributed by atoms with Gasteiger partial charge in [-0.2, -0.15) is 15.2 Å². The van der Waals surface area contributed by atoms with E-state index in [1.165, 1.54) is 32.8 Å². The van der Waals surface area contributed by atoms with Crippen molar-refractivity contribution in [3.63, 3.8) is 0 Å². The molecule has 0 radical (unpaired) electrons. The molecule has 6 heterocycles. The predicted octanol–water partition coefficient (Wildman–Crippen LogP) is 4.07. The average molecular weight is 682 g/mol. The Morgan fingerprint density at radius 3 is 2.52 bits per heavy atom. The number of hydrogen-bond donors (Lipinski definition) is 0. The van der Waals surface area contributed by atoms with Gasteiger partial charge in [0.2, 0.25) is 5.91 Å². The molecular formula is C36H43N9O5. The minimum atomic E-state index is -0.502. The van der Waals surface area contributed by atoms with Gasteiger partial charge in [0.15, 0.2) is 5.82 Å². The summed E-state index contributed by atoms with van der Waals surface area (Å²) in [7, 11) is 1.31. The largest absolute Gasteiger partial charge is 0.464 e. The Hall–Kier alpha value is -4.88. The Labute approximate surface area is 290 Å². The van der Waals surface area contributed by atoms with Gasteiger partial charge in [0.25, 0.3) is 11.8 Å². The second-order valence-electron chi connectivity index (χ2n) is 15.4. The highest BCUT2D eigenvalue weighted by molar-refractivity contribution is 5.94. The van der Waals surface area contributed by atoms with Crippen LogP contribution in [0, 0.1) is 16.7 Å². The highest BCUT2D eigenvalue weighted by atomic mass is 16.5. The maximum absolute atomic E-state index is 14.0. The molecule has 1 spiro atoms. The number of carbonyl (C=O) groups excluding carboxylic acids is 3. The van der Waals surface area contributed by atoms with Crippen molar-refractivity contribution in [1.82, 2.24) is 44.5 Å². The normalized spacial score (nSPS) is 22.9. The highest BCUT2D eigenvalue weighted by Gasteiger charge is 2.61. The van der Waals surface area contributed by atoms with E-state index in [9.17, 15) is 14.4 Å². The third kappa shape index (κ3) is 5.77. The Bertz CT molecular complexity index is 1910. The van der Waals surface area contributed by atoms with Gasteiger partial charge in [-0.3, -0.25) is 19.0 Å². The maximum Gasteiger partial charge on any atom is 0.356 e. The summed E-state index contributed by atoms with van der Waals surface area (Å²) in [5.41, 5.74) is 2.29. The Balaban J connectivity index is 0.994. The first-order valence-electron chi connectivity index (χ1n) is 17.6. The molecule has 14 heteroatoms. The molecule has 4 aromatic heterocycles. The molecule has 0 bridgehead atoms. The molecule has 2 aliphatic heterocycles. The lowest BCUT2D eigenvalue weighted by molar-refractivity contribution is -0.145. The molecule has 2 saturated carbocycles. The zero-order valence-electron chi connectivity index (χ0n) is 29.0. The van der Waals surface area contributed by atoms with Crippen LogP contribution in [-0.4, -0.2) is 95.6 Å². The number of pyridine rings is 1. The molecule has 8 rings (SSSR count). The minimum absolute atomic E-state index is 0.0410. The standard InChI is InChI=1S/C36H43N9O5/c1-22(45-12-11-28(40-45)24-7-5-6-8-24)31-39-30(41-50-31)27-18-42(19-36(27)20-43(21-36)33(47)26-13-35(26,2)3)32(46)25-15-38-44(17-25)16-23-9-10-29(37-14-23)34(48)49-4/h9-12,14-15,17,22,24,26-27H,5-8,13,16,18-21H2,1-4H3/t22?,26-,27?/m1/s1. The zero-order valence-corrected chi connectivity index (χ0v) is 29.0. The van der Waals surface area contributed by atoms with Crippen LogP contribution >= 0.6 is 0 Å². The molecular weight excluding hydrogens is 638 g/mol. The molecule has 2 saturated heterocycles. The Morgan fingerprint density at radius 2 is 1.82 bits per heavy atom. The van der Waals surface area contributed by atoms with Crippen molar-refractivity contribution in [3.05, 3.63) is 77.2 Å². The van der Waals surface area contributed by atoms with E-state index < -0.39 is 5.97 Å². The molecule has 2 aliphatic carbocycles. The molecule has 262 valence electrons. The zero-order chi connectivity index (χ0) is 34.8. The fourth-order valence-electron chi connectivity index (χ4n) is 8.13. The molecule has 14 nitrogen and oxygen atoms in total. The summed E-state index contributed by atoms with van der Waals surface area (Å²) in [5.74, 6) is 0.948. The summed E-state index contributed by atoms with van der Waals surface area (Å²) < 4.78 is 14.2. The molecule has 0 aromatic carbocycles. The van der Waals surface area contributed by atoms with Gasteiger partial charge in [-0.25, -0.2) is 9.78 Å². The Kier molecular flexibility index (Phi) is 7.87. The van der Waals surface area contributed by atoms with Crippen LogP contribution in [0.1, 0.15) is 115 Å². The second-order valence-corrected chi connectivity index (χ2v) is 15.4. The molecule has 2 amide bonds. The first kappa shape index (κ1) is 32.3. The first-order valence-corrected chi connectivity index (χ1v) is 17.6. The number of methoxy groups -OCH3 is 1. The lowest BCUT2D eigenvalue weighted by Gasteiger charge is -2.50. The maximum atomic E-state index is 14.0. The lowest BCUT2D eigenvalue weighted by Crippen LogP contribution is -2.62. The fourth-order valence-corrected chi connectivity index (χ4v) is 8.13. The number of likely N-dealkylation sites (tertiary alicyclic amines) is 2. The van der Waals surface area contributed by atoms with Gasteiger partial charge in [-0.1, -0.05) is 37.9 Å². The summed E-state index contributed by atoms with van der Waals surface area (Å²) in [4.78, 5) is 51.9. The number of ether oxygens (including phenoxy) is 1. The SMILES string of the molecule is COC(=O)c1ccc(Cn2cc(C(=O)N3CC(c4noc(C(C)n5ccc(C6CCCC6)n5)n4)C4(C3)CN(C(=O)[C@H]3CC3(C)C)C4)cn2)cn1. The van der Waals surface area contributed by atoms with Gasteiger partial charge < -0.3 is 19.1 Å². The van der Waals surface area contributed by atoms with Crippen molar-refractivity contribution < 1.29 is 23.6 Å². The van der Waals surface area contributed by atoms with Gasteiger partial charge >= 0.3 is 5.97 Å². The van der Waals surface area contributed by atoms with Crippen molar-refractivity contribution in [3.8, 4) is 0 Å². The summed E-state index contributed by atoms with van der Waals surface area (Å²) in [6, 6.07) is 5.24. The highest BCUT2D eigenvalue weighted by Crippen LogP contribution is 2.55. The van der Waals surface area contributed by atoms with Crippen LogP contribution in [0.25, 0.3) is 0 Å². The van der Waals surface area contributed by atoms with E-state index >= 15 is 0 Å². The van der Waals surface area contributed by atoms with Gasteiger partial charge in [0, 0.05) is 62.0 Å². The van der Waals surface area contributed by atoms with Crippen molar-refractivity contribution in [2.45, 2.75) is 77.3 Å². The van der Waals surface area contributed by atoms with E-state index in [0.717, 1.165) is 17.7 Å². The molecule has 4 aliphatic rings. The van der Waals surface area contributed by atoms with Crippen LogP contribution in [0.15, 0.2) is 47.5 Å². The summed E-state index contributed by atoms with van der Waals surface area (Å²) >= 11 is 0. The number of amides is 2. The van der Waals surface area contributed by atoms with Gasteiger partial charge in [0.1, 0.15) is 11.7 Å². The smallest absolute Gasteiger partial charge is 0.356 e. The fraction of sp³-hybridized carbons (Fsp3) is 0.556. The second kappa shape index (κ2) is 12.2. The number of nitrogens with zero attached hydrogens (tertiary/aromatic N) is 9. The van der Waals surface area contributed by atoms with Crippen molar-refractivity contribution in [2.75, 3.05) is 33.3 Å². The molecule has 0 N–H and O–H groups in total. The van der Waals surface area contributed by atoms with Crippen molar-refractivity contribution in [1.29, 1.82) is 0 Å². The van der Waals surface area contributed by atoms with Crippen LogP contribution < -0.4 is 0 Å². The third-order valence-corrected chi connectivity index (χ3v) is 11.4. The van der Waals surface area contributed by atoms with E-state index in [-0.39, 0.29) is 46.2 Å². The molecule has 4 fully saturated rings. The predicted molar refractivity (Wildman–Crippen MR) is 178 cm³/mol. The number of rotatable bonds is 9. The number of hydrogen-bond acceptors (Lipinski definition) is 10. The quantitative estimate of drug-likeness (QED) is 0.236. The lowest BCUT2D eigenvalue weighted by atomic mass is 9.71. The van der Waals surface area contributed by atoms with Crippen LogP contribution in [0.5, 0.6) is 0 Å². The topological polar surface area (TPSA) is 154 Å². The number of aromatic nitrogens is 7. The molecule has 50 heavy (non-hydrogen) atoms. The number of esters is 1. The van der Waals surface area contributed by atoms with E-state index in [4.69, 9.17) is 19.3 Å². The van der Waals surface area contributed by atoms with E-state index in [0.29, 0.717) is 55.9 Å². The average Bonchev–Trinajstić information content (AvgIpc) is 3.84. The van der Waals surface area contributed by atoms with E-state index in [1.807, 2.05) is 27.6 Å². The van der Waals surface area contributed by atoms with Crippen molar-refractivity contribution >= 4 is 17.8 Å². The van der Waals surface area contributed by atoms with E-state index in [1.54, 1.807) is 35.4 Å². The van der Waals surface area contributed by atoms with Gasteiger partial charge in [-0.05, 0) is 49.3 Å².